The van der Waals surface area contributed by atoms with Crippen LogP contribution >= 0.6 is 27.5 Å². The molecule has 0 fully saturated rings. The molecule has 7 heteroatoms. The molecule has 2 aliphatic heterocycles. The Kier molecular flexibility index (Phi) is 5.45. The average molecular weight is 453 g/mol. The predicted octanol–water partition coefficient (Wildman–Crippen LogP) is 4.45. The number of halogens is 2. The lowest BCUT2D eigenvalue weighted by Gasteiger charge is -2.27. The van der Waals surface area contributed by atoms with E-state index < -0.39 is 0 Å². The van der Waals surface area contributed by atoms with Crippen LogP contribution in [0, 0.1) is 0 Å². The van der Waals surface area contributed by atoms with Gasteiger partial charge in [0.15, 0.2) is 11.5 Å². The van der Waals surface area contributed by atoms with Crippen molar-refractivity contribution in [3.63, 3.8) is 0 Å². The first-order chi connectivity index (χ1) is 13.1. The van der Waals surface area contributed by atoms with Crippen LogP contribution in [-0.2, 0) is 11.2 Å². The van der Waals surface area contributed by atoms with Crippen molar-refractivity contribution < 1.29 is 19.0 Å². The van der Waals surface area contributed by atoms with Crippen LogP contribution in [0.15, 0.2) is 34.8 Å². The van der Waals surface area contributed by atoms with Crippen LogP contribution in [0.5, 0.6) is 17.2 Å². The van der Waals surface area contributed by atoms with Gasteiger partial charge in [-0.1, -0.05) is 27.5 Å². The summed E-state index contributed by atoms with van der Waals surface area (Å²) in [5, 5.41) is 3.58. The van der Waals surface area contributed by atoms with Crippen LogP contribution in [0.1, 0.15) is 30.0 Å². The van der Waals surface area contributed by atoms with E-state index in [1.165, 1.54) is 0 Å². The van der Waals surface area contributed by atoms with Gasteiger partial charge in [-0.15, -0.1) is 0 Å². The van der Waals surface area contributed by atoms with Crippen LogP contribution in [-0.4, -0.2) is 25.7 Å². The molecule has 1 N–H and O–H groups in total. The zero-order valence-electron chi connectivity index (χ0n) is 14.6. The average Bonchev–Trinajstić information content (AvgIpc) is 2.88. The van der Waals surface area contributed by atoms with Gasteiger partial charge < -0.3 is 19.5 Å². The van der Waals surface area contributed by atoms with Gasteiger partial charge in [-0.05, 0) is 35.9 Å². The third kappa shape index (κ3) is 4.17. The Labute approximate surface area is 171 Å². The molecule has 1 amide bonds. The molecule has 5 nitrogen and oxygen atoms in total. The van der Waals surface area contributed by atoms with E-state index in [0.717, 1.165) is 34.2 Å². The van der Waals surface area contributed by atoms with Crippen LogP contribution < -0.4 is 19.5 Å². The number of fused-ring (bicyclic) bond motifs is 2. The second-order valence-corrected chi connectivity index (χ2v) is 7.89. The molecule has 2 aliphatic rings. The van der Waals surface area contributed by atoms with Crippen molar-refractivity contribution in [3.05, 3.63) is 51.0 Å². The van der Waals surface area contributed by atoms with Crippen molar-refractivity contribution in [2.45, 2.75) is 25.3 Å². The Morgan fingerprint density at radius 2 is 1.93 bits per heavy atom. The minimum Gasteiger partial charge on any atom is -0.493 e. The molecular formula is C20H19BrClNO4. The smallest absolute Gasteiger partial charge is 0.224 e. The highest BCUT2D eigenvalue weighted by Gasteiger charge is 2.24. The number of carbonyl (C=O) groups is 1. The molecule has 2 heterocycles. The summed E-state index contributed by atoms with van der Waals surface area (Å²) in [5.74, 6) is 1.90. The quantitative estimate of drug-likeness (QED) is 0.748. The summed E-state index contributed by atoms with van der Waals surface area (Å²) in [6.07, 6.45) is 1.76. The number of nitrogens with one attached hydrogen (secondary N) is 1. The Morgan fingerprint density at radius 3 is 2.81 bits per heavy atom. The third-order valence-corrected chi connectivity index (χ3v) is 5.35. The maximum Gasteiger partial charge on any atom is 0.224 e. The van der Waals surface area contributed by atoms with Gasteiger partial charge in [0.1, 0.15) is 5.75 Å². The van der Waals surface area contributed by atoms with E-state index in [1.807, 2.05) is 24.3 Å². The first kappa shape index (κ1) is 18.4. The van der Waals surface area contributed by atoms with E-state index in [0.29, 0.717) is 36.3 Å². The summed E-state index contributed by atoms with van der Waals surface area (Å²) in [6, 6.07) is 9.37. The van der Waals surface area contributed by atoms with Crippen LogP contribution in [0.2, 0.25) is 5.02 Å². The lowest BCUT2D eigenvalue weighted by Crippen LogP contribution is -2.33. The first-order valence-electron chi connectivity index (χ1n) is 8.90. The molecule has 1 atom stereocenters. The van der Waals surface area contributed by atoms with Crippen LogP contribution in [0.3, 0.4) is 0 Å². The fourth-order valence-corrected chi connectivity index (χ4v) is 4.00. The van der Waals surface area contributed by atoms with Crippen molar-refractivity contribution in [1.82, 2.24) is 5.32 Å². The third-order valence-electron chi connectivity index (χ3n) is 4.57. The van der Waals surface area contributed by atoms with E-state index >= 15 is 0 Å². The Balaban J connectivity index is 1.49. The van der Waals surface area contributed by atoms with Gasteiger partial charge in [0.2, 0.25) is 5.91 Å². The number of hydrogen-bond donors (Lipinski definition) is 1. The summed E-state index contributed by atoms with van der Waals surface area (Å²) >= 11 is 9.80. The molecule has 1 unspecified atom stereocenters. The number of hydrogen-bond acceptors (Lipinski definition) is 4. The highest BCUT2D eigenvalue weighted by molar-refractivity contribution is 9.10. The molecule has 0 bridgehead atoms. The molecule has 0 radical (unpaired) electrons. The largest absolute Gasteiger partial charge is 0.493 e. The van der Waals surface area contributed by atoms with Crippen molar-refractivity contribution in [2.75, 3.05) is 19.8 Å². The fraction of sp³-hybridized carbons (Fsp3) is 0.350. The molecule has 142 valence electrons. The molecule has 0 aliphatic carbocycles. The van der Waals surface area contributed by atoms with E-state index in [9.17, 15) is 4.79 Å². The minimum atomic E-state index is -0.0744. The Bertz CT molecular complexity index is 873. The second-order valence-electron chi connectivity index (χ2n) is 6.57. The number of benzene rings is 2. The Morgan fingerprint density at radius 1 is 1.11 bits per heavy atom. The van der Waals surface area contributed by atoms with Crippen LogP contribution in [0.25, 0.3) is 0 Å². The molecule has 2 aromatic rings. The first-order valence-corrected chi connectivity index (χ1v) is 10.1. The summed E-state index contributed by atoms with van der Waals surface area (Å²) < 4.78 is 18.0. The van der Waals surface area contributed by atoms with Crippen molar-refractivity contribution in [1.29, 1.82) is 0 Å². The summed E-state index contributed by atoms with van der Waals surface area (Å²) in [7, 11) is 0. The highest BCUT2D eigenvalue weighted by Crippen LogP contribution is 2.38. The van der Waals surface area contributed by atoms with Gasteiger partial charge in [-0.2, -0.15) is 0 Å². The number of ether oxygens (including phenoxy) is 3. The molecule has 0 saturated carbocycles. The number of amides is 1. The van der Waals surface area contributed by atoms with E-state index in [-0.39, 0.29) is 18.4 Å². The molecule has 0 spiro atoms. The van der Waals surface area contributed by atoms with Gasteiger partial charge in [0.25, 0.3) is 0 Å². The zero-order chi connectivity index (χ0) is 18.8. The number of carbonyl (C=O) groups excluding carboxylic acids is 1. The molecule has 27 heavy (non-hydrogen) atoms. The highest BCUT2D eigenvalue weighted by atomic mass is 79.9. The molecule has 4 rings (SSSR count). The van der Waals surface area contributed by atoms with Crippen molar-refractivity contribution in [2.24, 2.45) is 0 Å². The summed E-state index contributed by atoms with van der Waals surface area (Å²) in [5.41, 5.74) is 1.78. The van der Waals surface area contributed by atoms with Crippen LogP contribution in [0.4, 0.5) is 0 Å². The van der Waals surface area contributed by atoms with Crippen molar-refractivity contribution in [3.8, 4) is 17.2 Å². The molecule has 0 saturated heterocycles. The van der Waals surface area contributed by atoms with Gasteiger partial charge in [-0.25, -0.2) is 0 Å². The van der Waals surface area contributed by atoms with Crippen molar-refractivity contribution >= 4 is 33.4 Å². The maximum atomic E-state index is 12.6. The van der Waals surface area contributed by atoms with Gasteiger partial charge in [0.05, 0.1) is 37.3 Å². The van der Waals surface area contributed by atoms with E-state index in [4.69, 9.17) is 25.8 Å². The topological polar surface area (TPSA) is 56.8 Å². The minimum absolute atomic E-state index is 0.0709. The summed E-state index contributed by atoms with van der Waals surface area (Å²) in [6.45, 7) is 1.73. The van der Waals surface area contributed by atoms with Gasteiger partial charge in [0, 0.05) is 22.9 Å². The predicted molar refractivity (Wildman–Crippen MR) is 106 cm³/mol. The lowest BCUT2D eigenvalue weighted by molar-refractivity contribution is -0.121. The molecule has 0 aromatic heterocycles. The SMILES string of the molecule is O=C(Cc1cc(Cl)c2c(c1)OCCCO2)NC1CCOc2ccc(Br)cc21. The second kappa shape index (κ2) is 7.98. The van der Waals surface area contributed by atoms with Gasteiger partial charge in [-0.3, -0.25) is 4.79 Å². The Hall–Kier alpha value is -1.92. The maximum absolute atomic E-state index is 12.6. The molecular weight excluding hydrogens is 434 g/mol. The number of rotatable bonds is 3. The van der Waals surface area contributed by atoms with E-state index in [2.05, 4.69) is 21.2 Å². The summed E-state index contributed by atoms with van der Waals surface area (Å²) in [4.78, 5) is 12.6. The zero-order valence-corrected chi connectivity index (χ0v) is 16.9. The monoisotopic (exact) mass is 451 g/mol. The standard InChI is InChI=1S/C20H19BrClNO4/c21-13-2-3-17-14(11-13)16(4-7-26-17)23-19(24)10-12-8-15(22)20-18(9-12)25-5-1-6-27-20/h2-3,8-9,11,16H,1,4-7,10H2,(H,23,24). The van der Waals surface area contributed by atoms with Gasteiger partial charge >= 0.3 is 0 Å². The molecule has 2 aromatic carbocycles. The fourth-order valence-electron chi connectivity index (χ4n) is 3.33. The lowest BCUT2D eigenvalue weighted by atomic mass is 10.00. The van der Waals surface area contributed by atoms with E-state index in [1.54, 1.807) is 6.07 Å². The normalized spacial score (nSPS) is 18.1.